The molecule has 4 rings (SSSR count). The van der Waals surface area contributed by atoms with Crippen LogP contribution in [-0.2, 0) is 14.3 Å². The van der Waals surface area contributed by atoms with Gasteiger partial charge in [0.2, 0.25) is 5.91 Å². The number of hydrogen-bond donors (Lipinski definition) is 2. The molecular weight excluding hydrogens is 432 g/mol. The van der Waals surface area contributed by atoms with Crippen molar-refractivity contribution in [3.8, 4) is 11.1 Å². The number of benzene rings is 2. The molecule has 2 atom stereocenters. The predicted molar refractivity (Wildman–Crippen MR) is 129 cm³/mol. The van der Waals surface area contributed by atoms with Crippen molar-refractivity contribution in [2.75, 3.05) is 13.2 Å². The normalized spacial score (nSPS) is 18.0. The van der Waals surface area contributed by atoms with E-state index in [-0.39, 0.29) is 43.4 Å². The Bertz CT molecular complexity index is 1010. The molecule has 2 aromatic rings. The number of hydrogen-bond acceptors (Lipinski definition) is 4. The van der Waals surface area contributed by atoms with E-state index in [0.717, 1.165) is 24.0 Å². The molecule has 0 radical (unpaired) electrons. The van der Waals surface area contributed by atoms with Gasteiger partial charge in [-0.1, -0.05) is 55.5 Å². The van der Waals surface area contributed by atoms with Gasteiger partial charge in [0.05, 0.1) is 6.42 Å². The number of amides is 2. The zero-order valence-electron chi connectivity index (χ0n) is 19.5. The Balaban J connectivity index is 1.34. The molecule has 0 spiro atoms. The molecule has 2 aliphatic rings. The summed E-state index contributed by atoms with van der Waals surface area (Å²) in [5.41, 5.74) is 4.63. The average Bonchev–Trinajstić information content (AvgIpc) is 3.16. The second-order valence-electron chi connectivity index (χ2n) is 9.11. The number of carboxylic acids is 1. The van der Waals surface area contributed by atoms with E-state index in [1.807, 2.05) is 31.2 Å². The van der Waals surface area contributed by atoms with Gasteiger partial charge in [-0.2, -0.15) is 0 Å². The fourth-order valence-corrected chi connectivity index (χ4v) is 5.17. The van der Waals surface area contributed by atoms with Crippen molar-refractivity contribution in [2.24, 2.45) is 0 Å². The van der Waals surface area contributed by atoms with Crippen molar-refractivity contribution in [3.63, 3.8) is 0 Å². The molecule has 2 N–H and O–H groups in total. The number of nitrogens with zero attached hydrogens (tertiary/aromatic N) is 1. The number of aliphatic carboxylic acids is 1. The van der Waals surface area contributed by atoms with Crippen LogP contribution < -0.4 is 5.32 Å². The van der Waals surface area contributed by atoms with Crippen molar-refractivity contribution >= 4 is 18.0 Å². The zero-order chi connectivity index (χ0) is 24.1. The summed E-state index contributed by atoms with van der Waals surface area (Å²) in [6.45, 7) is 2.70. The predicted octanol–water partition coefficient (Wildman–Crippen LogP) is 4.55. The van der Waals surface area contributed by atoms with E-state index < -0.39 is 12.1 Å². The number of fused-ring (bicyclic) bond motifs is 3. The first-order chi connectivity index (χ1) is 16.5. The van der Waals surface area contributed by atoms with E-state index in [1.54, 1.807) is 4.90 Å². The number of piperidine rings is 1. The van der Waals surface area contributed by atoms with Crippen molar-refractivity contribution in [1.29, 1.82) is 0 Å². The molecule has 0 saturated carbocycles. The molecule has 1 unspecified atom stereocenters. The summed E-state index contributed by atoms with van der Waals surface area (Å²) in [7, 11) is 0. The van der Waals surface area contributed by atoms with Crippen molar-refractivity contribution in [3.05, 3.63) is 59.7 Å². The van der Waals surface area contributed by atoms with Gasteiger partial charge in [0.1, 0.15) is 6.61 Å². The van der Waals surface area contributed by atoms with Crippen LogP contribution in [0.3, 0.4) is 0 Å². The molecular formula is C27H32N2O5. The number of carboxylic acid groups (broad SMARTS) is 1. The fraction of sp³-hybridized carbons (Fsp3) is 0.444. The molecule has 7 heteroatoms. The second-order valence-corrected chi connectivity index (χ2v) is 9.11. The molecule has 1 heterocycles. The number of alkyl carbamates (subject to hydrolysis) is 1. The Hall–Kier alpha value is -3.35. The molecule has 1 aliphatic carbocycles. The highest BCUT2D eigenvalue weighted by Crippen LogP contribution is 2.44. The van der Waals surface area contributed by atoms with Gasteiger partial charge in [-0.3, -0.25) is 9.59 Å². The Morgan fingerprint density at radius 2 is 1.71 bits per heavy atom. The first-order valence-corrected chi connectivity index (χ1v) is 12.1. The van der Waals surface area contributed by atoms with Gasteiger partial charge < -0.3 is 20.1 Å². The first-order valence-electron chi connectivity index (χ1n) is 12.1. The van der Waals surface area contributed by atoms with E-state index >= 15 is 0 Å². The third-order valence-corrected chi connectivity index (χ3v) is 6.94. The second kappa shape index (κ2) is 10.7. The molecule has 180 valence electrons. The molecule has 34 heavy (non-hydrogen) atoms. The highest BCUT2D eigenvalue weighted by molar-refractivity contribution is 5.80. The van der Waals surface area contributed by atoms with Crippen molar-refractivity contribution in [1.82, 2.24) is 10.2 Å². The topological polar surface area (TPSA) is 95.9 Å². The van der Waals surface area contributed by atoms with Gasteiger partial charge in [-0.15, -0.1) is 0 Å². The smallest absolute Gasteiger partial charge is 0.407 e. The number of rotatable bonds is 8. The Morgan fingerprint density at radius 3 is 2.32 bits per heavy atom. The molecule has 2 amide bonds. The fourth-order valence-electron chi connectivity index (χ4n) is 5.17. The van der Waals surface area contributed by atoms with E-state index in [1.165, 1.54) is 11.1 Å². The number of carbonyl (C=O) groups excluding carboxylic acids is 2. The Kier molecular flexibility index (Phi) is 7.50. The van der Waals surface area contributed by atoms with E-state index in [9.17, 15) is 19.5 Å². The van der Waals surface area contributed by atoms with Gasteiger partial charge in [0.25, 0.3) is 0 Å². The number of likely N-dealkylation sites (tertiary alicyclic amines) is 1. The van der Waals surface area contributed by atoms with Crippen LogP contribution in [0.4, 0.5) is 4.79 Å². The van der Waals surface area contributed by atoms with Crippen LogP contribution in [0, 0.1) is 0 Å². The lowest BCUT2D eigenvalue weighted by Gasteiger charge is -2.36. The standard InChI is InChI=1S/C27H32N2O5/c1-2-18(15-25(30)29-14-8-7-9-19(29)16-26(31)32)28-27(33)34-17-24-22-12-5-3-10-20(22)21-11-4-6-13-23(21)24/h3-6,10-13,18-19,24H,2,7-9,14-17H2,1H3,(H,28,33)(H,31,32)/t18-,19?/m1/s1. The molecule has 1 fully saturated rings. The third-order valence-electron chi connectivity index (χ3n) is 6.94. The van der Waals surface area contributed by atoms with Crippen LogP contribution in [0.15, 0.2) is 48.5 Å². The SMILES string of the molecule is CC[C@H](CC(=O)N1CCCCC1CC(=O)O)NC(=O)OCC1c2ccccc2-c2ccccc21. The third kappa shape index (κ3) is 5.24. The number of ether oxygens (including phenoxy) is 1. The summed E-state index contributed by atoms with van der Waals surface area (Å²) in [6.07, 6.45) is 2.64. The minimum atomic E-state index is -0.895. The summed E-state index contributed by atoms with van der Waals surface area (Å²) < 4.78 is 5.62. The summed E-state index contributed by atoms with van der Waals surface area (Å²) in [4.78, 5) is 38.4. The summed E-state index contributed by atoms with van der Waals surface area (Å²) in [5.74, 6) is -1.03. The summed E-state index contributed by atoms with van der Waals surface area (Å²) in [6, 6.07) is 15.7. The van der Waals surface area contributed by atoms with Crippen LogP contribution in [-0.4, -0.2) is 53.2 Å². The van der Waals surface area contributed by atoms with Gasteiger partial charge in [-0.25, -0.2) is 4.79 Å². The lowest BCUT2D eigenvalue weighted by atomic mass is 9.98. The molecule has 1 aliphatic heterocycles. The average molecular weight is 465 g/mol. The van der Waals surface area contributed by atoms with Crippen LogP contribution in [0.5, 0.6) is 0 Å². The first kappa shape index (κ1) is 23.8. The zero-order valence-corrected chi connectivity index (χ0v) is 19.5. The molecule has 0 bridgehead atoms. The summed E-state index contributed by atoms with van der Waals surface area (Å²) in [5, 5.41) is 12.0. The maximum absolute atomic E-state index is 12.9. The van der Waals surface area contributed by atoms with Gasteiger partial charge in [-0.05, 0) is 47.9 Å². The van der Waals surface area contributed by atoms with Crippen molar-refractivity contribution < 1.29 is 24.2 Å². The number of nitrogens with one attached hydrogen (secondary N) is 1. The highest BCUT2D eigenvalue weighted by Gasteiger charge is 2.31. The number of carbonyl (C=O) groups is 3. The van der Waals surface area contributed by atoms with Crippen LogP contribution >= 0.6 is 0 Å². The van der Waals surface area contributed by atoms with E-state index in [2.05, 4.69) is 29.6 Å². The van der Waals surface area contributed by atoms with E-state index in [0.29, 0.717) is 19.4 Å². The summed E-state index contributed by atoms with van der Waals surface area (Å²) >= 11 is 0. The van der Waals surface area contributed by atoms with Gasteiger partial charge >= 0.3 is 12.1 Å². The van der Waals surface area contributed by atoms with Crippen LogP contribution in [0.25, 0.3) is 11.1 Å². The molecule has 1 saturated heterocycles. The largest absolute Gasteiger partial charge is 0.481 e. The lowest BCUT2D eigenvalue weighted by Crippen LogP contribution is -2.47. The monoisotopic (exact) mass is 464 g/mol. The van der Waals surface area contributed by atoms with Gasteiger partial charge in [0.15, 0.2) is 0 Å². The molecule has 2 aromatic carbocycles. The Morgan fingerprint density at radius 1 is 1.06 bits per heavy atom. The molecule has 0 aromatic heterocycles. The minimum absolute atomic E-state index is 0.0232. The quantitative estimate of drug-likeness (QED) is 0.598. The van der Waals surface area contributed by atoms with Gasteiger partial charge in [0, 0.05) is 31.0 Å². The maximum atomic E-state index is 12.9. The van der Waals surface area contributed by atoms with Crippen LogP contribution in [0.2, 0.25) is 0 Å². The Labute approximate surface area is 200 Å². The minimum Gasteiger partial charge on any atom is -0.481 e. The van der Waals surface area contributed by atoms with E-state index in [4.69, 9.17) is 4.74 Å². The maximum Gasteiger partial charge on any atom is 0.407 e. The lowest BCUT2D eigenvalue weighted by molar-refractivity contribution is -0.142. The molecule has 7 nitrogen and oxygen atoms in total. The van der Waals surface area contributed by atoms with Crippen LogP contribution in [0.1, 0.15) is 62.5 Å². The highest BCUT2D eigenvalue weighted by atomic mass is 16.5. The van der Waals surface area contributed by atoms with Crippen molar-refractivity contribution in [2.45, 2.75) is 63.5 Å².